The van der Waals surface area contributed by atoms with E-state index in [1.54, 1.807) is 39.6 Å². The van der Waals surface area contributed by atoms with E-state index in [4.69, 9.17) is 15.3 Å². The number of carbonyl (C=O) groups excluding carboxylic acids is 2. The second-order valence-electron chi connectivity index (χ2n) is 6.96. The lowest BCUT2D eigenvalue weighted by Gasteiger charge is -2.09. The number of rotatable bonds is 7. The van der Waals surface area contributed by atoms with Crippen LogP contribution < -0.4 is 11.1 Å². The highest BCUT2D eigenvalue weighted by Crippen LogP contribution is 2.32. The molecule has 160 valence electrons. The minimum absolute atomic E-state index is 0.120. The van der Waals surface area contributed by atoms with Gasteiger partial charge in [-0.25, -0.2) is 4.98 Å². The lowest BCUT2D eigenvalue weighted by atomic mass is 10.1. The summed E-state index contributed by atoms with van der Waals surface area (Å²) in [6.45, 7) is 4.45. The molecule has 10 nitrogen and oxygen atoms in total. The zero-order valence-corrected chi connectivity index (χ0v) is 17.1. The van der Waals surface area contributed by atoms with Gasteiger partial charge in [0.25, 0.3) is 5.91 Å². The number of nitrogens with one attached hydrogen (secondary N) is 1. The summed E-state index contributed by atoms with van der Waals surface area (Å²) in [5.41, 5.74) is 8.44. The number of carbonyl (C=O) groups is 2. The number of fused-ring (bicyclic) bond motifs is 3. The third-order valence-corrected chi connectivity index (χ3v) is 4.93. The highest BCUT2D eigenvalue weighted by atomic mass is 16.3. The summed E-state index contributed by atoms with van der Waals surface area (Å²) in [6.07, 6.45) is 4.80. The van der Waals surface area contributed by atoms with Crippen molar-refractivity contribution >= 4 is 39.8 Å². The Morgan fingerprint density at radius 2 is 2.13 bits per heavy atom. The topological polar surface area (TPSA) is 141 Å². The van der Waals surface area contributed by atoms with Crippen molar-refractivity contribution in [1.29, 1.82) is 0 Å². The monoisotopic (exact) mass is 422 g/mol. The first-order chi connectivity index (χ1) is 14.9. The molecule has 0 bridgehead atoms. The summed E-state index contributed by atoms with van der Waals surface area (Å²) in [5.74, 6) is -0.699. The molecule has 0 aliphatic carbocycles. The van der Waals surface area contributed by atoms with Crippen molar-refractivity contribution in [3.05, 3.63) is 53.6 Å². The lowest BCUT2D eigenvalue weighted by Crippen LogP contribution is -2.19. The maximum Gasteiger partial charge on any atom is 0.276 e. The maximum absolute atomic E-state index is 13.0. The van der Waals surface area contributed by atoms with E-state index in [-0.39, 0.29) is 24.0 Å². The SMILES string of the molecule is CCn1nc(C)cc1C(=O)Nc1nc2cc(C(N)=O)c3ccoc3c2n1CC=CCO. The van der Waals surface area contributed by atoms with Crippen LogP contribution in [0.25, 0.3) is 22.0 Å². The molecule has 0 aliphatic rings. The van der Waals surface area contributed by atoms with Crippen molar-refractivity contribution in [2.75, 3.05) is 11.9 Å². The fourth-order valence-corrected chi connectivity index (χ4v) is 3.60. The first kappa shape index (κ1) is 20.4. The van der Waals surface area contributed by atoms with Gasteiger partial charge >= 0.3 is 0 Å². The van der Waals surface area contributed by atoms with E-state index in [1.807, 2.05) is 13.8 Å². The predicted molar refractivity (Wildman–Crippen MR) is 115 cm³/mol. The number of benzene rings is 1. The van der Waals surface area contributed by atoms with Crippen molar-refractivity contribution in [3.8, 4) is 0 Å². The van der Waals surface area contributed by atoms with Crippen LogP contribution >= 0.6 is 0 Å². The van der Waals surface area contributed by atoms with Gasteiger partial charge in [-0.05, 0) is 32.0 Å². The molecule has 0 saturated heterocycles. The summed E-state index contributed by atoms with van der Waals surface area (Å²) in [7, 11) is 0. The van der Waals surface area contributed by atoms with Gasteiger partial charge in [0.2, 0.25) is 11.9 Å². The normalized spacial score (nSPS) is 11.7. The standard InChI is InChI=1S/C21H22N6O4/c1-3-27-16(10-12(2)25-27)20(30)24-21-23-15-11-14(19(22)29)13-6-9-31-18(13)17(15)26(21)7-4-5-8-28/h4-6,9-11,28H,3,7-8H2,1-2H3,(H2,22,29)(H,23,24,30). The number of primary amides is 1. The number of imidazole rings is 1. The smallest absolute Gasteiger partial charge is 0.276 e. The van der Waals surface area contributed by atoms with E-state index in [1.165, 1.54) is 6.26 Å². The number of nitrogens with two attached hydrogens (primary N) is 1. The van der Waals surface area contributed by atoms with Crippen LogP contribution in [0.1, 0.15) is 33.5 Å². The Kier molecular flexibility index (Phi) is 5.30. The average molecular weight is 422 g/mol. The van der Waals surface area contributed by atoms with Crippen LogP contribution in [0.5, 0.6) is 0 Å². The molecule has 4 aromatic rings. The summed E-state index contributed by atoms with van der Waals surface area (Å²) in [4.78, 5) is 29.4. The molecule has 3 heterocycles. The Morgan fingerprint density at radius 1 is 1.32 bits per heavy atom. The van der Waals surface area contributed by atoms with Gasteiger partial charge < -0.3 is 19.8 Å². The summed E-state index contributed by atoms with van der Waals surface area (Å²) < 4.78 is 9.00. The number of furan rings is 1. The highest BCUT2D eigenvalue weighted by molar-refractivity contribution is 6.14. The number of aliphatic hydroxyl groups excluding tert-OH is 1. The Labute approximate surface area is 176 Å². The van der Waals surface area contributed by atoms with E-state index in [0.717, 1.165) is 5.69 Å². The van der Waals surface area contributed by atoms with Crippen LogP contribution in [0.2, 0.25) is 0 Å². The number of aryl methyl sites for hydroxylation is 2. The molecule has 0 spiro atoms. The number of hydrogen-bond donors (Lipinski definition) is 3. The molecule has 31 heavy (non-hydrogen) atoms. The quantitative estimate of drug-likeness (QED) is 0.390. The van der Waals surface area contributed by atoms with E-state index >= 15 is 0 Å². The largest absolute Gasteiger partial charge is 0.462 e. The van der Waals surface area contributed by atoms with Crippen molar-refractivity contribution in [2.45, 2.75) is 26.9 Å². The van der Waals surface area contributed by atoms with E-state index in [9.17, 15) is 9.59 Å². The minimum atomic E-state index is -0.601. The molecule has 0 aliphatic heterocycles. The van der Waals surface area contributed by atoms with E-state index in [2.05, 4.69) is 15.4 Å². The third-order valence-electron chi connectivity index (χ3n) is 4.93. The molecule has 4 rings (SSSR count). The highest BCUT2D eigenvalue weighted by Gasteiger charge is 2.22. The molecule has 0 unspecified atom stereocenters. The second kappa shape index (κ2) is 8.07. The second-order valence-corrected chi connectivity index (χ2v) is 6.96. The molecule has 0 atom stereocenters. The molecule has 1 aromatic carbocycles. The summed E-state index contributed by atoms with van der Waals surface area (Å²) >= 11 is 0. The number of amides is 2. The van der Waals surface area contributed by atoms with Crippen LogP contribution in [-0.2, 0) is 13.1 Å². The minimum Gasteiger partial charge on any atom is -0.462 e. The van der Waals surface area contributed by atoms with Crippen molar-refractivity contribution < 1.29 is 19.1 Å². The molecule has 0 fully saturated rings. The molecule has 4 N–H and O–H groups in total. The molecule has 0 saturated carbocycles. The number of hydrogen-bond acceptors (Lipinski definition) is 6. The molecule has 0 radical (unpaired) electrons. The number of allylic oxidation sites excluding steroid dienone is 1. The Hall–Kier alpha value is -3.92. The van der Waals surface area contributed by atoms with Crippen LogP contribution in [0.4, 0.5) is 5.95 Å². The number of aliphatic hydroxyl groups is 1. The molecular formula is C21H22N6O4. The number of nitrogens with zero attached hydrogens (tertiary/aromatic N) is 4. The van der Waals surface area contributed by atoms with Gasteiger partial charge in [0.05, 0.1) is 29.6 Å². The fourth-order valence-electron chi connectivity index (χ4n) is 3.60. The van der Waals surface area contributed by atoms with Gasteiger partial charge in [0, 0.05) is 18.5 Å². The zero-order chi connectivity index (χ0) is 22.1. The molecule has 2 amide bonds. The van der Waals surface area contributed by atoms with Crippen LogP contribution in [0.3, 0.4) is 0 Å². The average Bonchev–Trinajstić information content (AvgIpc) is 3.44. The summed E-state index contributed by atoms with van der Waals surface area (Å²) in [5, 5.41) is 16.8. The zero-order valence-electron chi connectivity index (χ0n) is 17.1. The van der Waals surface area contributed by atoms with E-state index in [0.29, 0.717) is 40.8 Å². The summed E-state index contributed by atoms with van der Waals surface area (Å²) in [6, 6.07) is 4.95. The van der Waals surface area contributed by atoms with Gasteiger partial charge in [-0.2, -0.15) is 5.10 Å². The van der Waals surface area contributed by atoms with Crippen LogP contribution in [0.15, 0.2) is 41.0 Å². The first-order valence-corrected chi connectivity index (χ1v) is 9.76. The van der Waals surface area contributed by atoms with Crippen molar-refractivity contribution in [1.82, 2.24) is 19.3 Å². The van der Waals surface area contributed by atoms with Gasteiger partial charge in [-0.15, -0.1) is 0 Å². The Balaban J connectivity index is 1.87. The van der Waals surface area contributed by atoms with Crippen LogP contribution in [0, 0.1) is 6.92 Å². The number of aromatic nitrogens is 4. The number of anilines is 1. The van der Waals surface area contributed by atoms with E-state index < -0.39 is 5.91 Å². The van der Waals surface area contributed by atoms with Crippen LogP contribution in [-0.4, -0.2) is 42.9 Å². The third kappa shape index (κ3) is 3.57. The Bertz CT molecular complexity index is 1330. The molecule has 3 aromatic heterocycles. The van der Waals surface area contributed by atoms with Gasteiger partial charge in [-0.1, -0.05) is 12.2 Å². The lowest BCUT2D eigenvalue weighted by molar-refractivity contribution is 0.0997. The molecule has 10 heteroatoms. The Morgan fingerprint density at radius 3 is 2.84 bits per heavy atom. The fraction of sp³-hybridized carbons (Fsp3) is 0.238. The maximum atomic E-state index is 13.0. The van der Waals surface area contributed by atoms with Crippen molar-refractivity contribution in [3.63, 3.8) is 0 Å². The predicted octanol–water partition coefficient (Wildman–Crippen LogP) is 2.21. The van der Waals surface area contributed by atoms with Crippen molar-refractivity contribution in [2.24, 2.45) is 5.73 Å². The van der Waals surface area contributed by atoms with Gasteiger partial charge in [0.1, 0.15) is 11.2 Å². The molecular weight excluding hydrogens is 400 g/mol. The first-order valence-electron chi connectivity index (χ1n) is 9.76. The van der Waals surface area contributed by atoms with Gasteiger partial charge in [-0.3, -0.25) is 19.6 Å². The van der Waals surface area contributed by atoms with Gasteiger partial charge in [0.15, 0.2) is 5.58 Å².